The van der Waals surface area contributed by atoms with Gasteiger partial charge in [-0.3, -0.25) is 14.3 Å². The number of halogens is 1. The van der Waals surface area contributed by atoms with Crippen molar-refractivity contribution in [1.82, 2.24) is 19.7 Å². The van der Waals surface area contributed by atoms with Crippen LogP contribution in [0.4, 0.5) is 10.3 Å². The zero-order valence-electron chi connectivity index (χ0n) is 27.4. The Morgan fingerprint density at radius 2 is 1.70 bits per heavy atom. The molecule has 0 aliphatic heterocycles. The second-order valence-corrected chi connectivity index (χ2v) is 19.2. The van der Waals surface area contributed by atoms with E-state index in [9.17, 15) is 13.7 Å². The summed E-state index contributed by atoms with van der Waals surface area (Å²) in [7, 11) is -4.06. The van der Waals surface area contributed by atoms with E-state index in [1.807, 2.05) is 52.9 Å². The summed E-state index contributed by atoms with van der Waals surface area (Å²) in [6.07, 6.45) is 2.06. The average Bonchev–Trinajstić information content (AvgIpc) is 3.40. The Morgan fingerprint density at radius 3 is 2.24 bits per heavy atom. The summed E-state index contributed by atoms with van der Waals surface area (Å²) < 4.78 is 66.0. The lowest BCUT2D eigenvalue weighted by Crippen LogP contribution is -2.45. The van der Waals surface area contributed by atoms with Gasteiger partial charge in [0.1, 0.15) is 28.3 Å². The van der Waals surface area contributed by atoms with E-state index in [0.717, 1.165) is 11.6 Å². The van der Waals surface area contributed by atoms with E-state index in [0.29, 0.717) is 22.7 Å². The molecule has 1 N–H and O–H groups in total. The van der Waals surface area contributed by atoms with Gasteiger partial charge >= 0.3 is 0 Å². The van der Waals surface area contributed by atoms with Crippen LogP contribution in [0, 0.1) is 24.1 Å². The molecule has 0 radical (unpaired) electrons. The van der Waals surface area contributed by atoms with Gasteiger partial charge in [0.25, 0.3) is 0 Å². The molecule has 14 heteroatoms. The van der Waals surface area contributed by atoms with E-state index in [4.69, 9.17) is 13.9 Å². The van der Waals surface area contributed by atoms with Gasteiger partial charge in [0.05, 0.1) is 32.0 Å². The van der Waals surface area contributed by atoms with E-state index < -0.39 is 35.5 Å². The van der Waals surface area contributed by atoms with Gasteiger partial charge in [0.2, 0.25) is 16.0 Å². The van der Waals surface area contributed by atoms with Crippen molar-refractivity contribution in [1.29, 1.82) is 5.26 Å². The molecule has 0 saturated heterocycles. The number of para-hydroxylation sites is 1. The highest BCUT2D eigenvalue weighted by Crippen LogP contribution is 2.43. The molecule has 0 bridgehead atoms. The number of aromatic nitrogens is 4. The highest BCUT2D eigenvalue weighted by atomic mass is 32.2. The SMILES string of the molecule is COc1cccc(OC)c1-n1c(NS(=O)(=O)[C@@H](C)[C@H](O[Si](C)(C)C(C)(C)C)c2ccc(C#N)cc2F)nnc1-c1cncc(C)c1. The molecule has 0 aliphatic rings. The molecule has 244 valence electrons. The first-order valence-electron chi connectivity index (χ1n) is 14.5. The maximum Gasteiger partial charge on any atom is 0.243 e. The van der Waals surface area contributed by atoms with Crippen molar-refractivity contribution in [3.63, 3.8) is 0 Å². The molecule has 0 saturated carbocycles. The third kappa shape index (κ3) is 6.91. The minimum atomic E-state index is -4.36. The maximum absolute atomic E-state index is 15.5. The third-order valence-electron chi connectivity index (χ3n) is 8.23. The number of aryl methyl sites for hydroxylation is 1. The number of benzene rings is 2. The Bertz CT molecular complexity index is 1860. The molecule has 2 aromatic carbocycles. The van der Waals surface area contributed by atoms with Gasteiger partial charge in [0, 0.05) is 23.5 Å². The number of nitriles is 1. The summed E-state index contributed by atoms with van der Waals surface area (Å²) in [5.74, 6) is 0.122. The zero-order valence-corrected chi connectivity index (χ0v) is 29.2. The van der Waals surface area contributed by atoms with Crippen LogP contribution in [-0.2, 0) is 14.4 Å². The van der Waals surface area contributed by atoms with Crippen LogP contribution >= 0.6 is 0 Å². The van der Waals surface area contributed by atoms with E-state index in [-0.39, 0.29) is 27.9 Å². The fraction of sp³-hybridized carbons (Fsp3) is 0.375. The molecule has 0 fully saturated rings. The summed E-state index contributed by atoms with van der Waals surface area (Å²) in [6, 6.07) is 12.8. The van der Waals surface area contributed by atoms with Gasteiger partial charge in [0.15, 0.2) is 14.1 Å². The number of nitrogens with zero attached hydrogens (tertiary/aromatic N) is 5. The lowest BCUT2D eigenvalue weighted by molar-refractivity contribution is 0.177. The predicted molar refractivity (Wildman–Crippen MR) is 177 cm³/mol. The number of rotatable bonds is 11. The summed E-state index contributed by atoms with van der Waals surface area (Å²) in [6.45, 7) is 13.3. The molecule has 0 unspecified atom stereocenters. The van der Waals surface area contributed by atoms with Gasteiger partial charge in [-0.25, -0.2) is 12.8 Å². The van der Waals surface area contributed by atoms with Crippen LogP contribution in [0.2, 0.25) is 18.1 Å². The normalized spacial score (nSPS) is 13.5. The molecular formula is C32H39FN6O5SSi. The quantitative estimate of drug-likeness (QED) is 0.176. The summed E-state index contributed by atoms with van der Waals surface area (Å²) in [4.78, 5) is 4.27. The second-order valence-electron chi connectivity index (χ2n) is 12.4. The first-order chi connectivity index (χ1) is 21.5. The van der Waals surface area contributed by atoms with E-state index in [2.05, 4.69) is 19.9 Å². The number of ether oxygens (including phenoxy) is 2. The van der Waals surface area contributed by atoms with Crippen molar-refractivity contribution in [2.75, 3.05) is 18.9 Å². The topological polar surface area (TPSA) is 141 Å². The number of sulfonamides is 1. The molecule has 2 aromatic heterocycles. The molecule has 2 heterocycles. The third-order valence-corrected chi connectivity index (χ3v) is 14.4. The number of hydrogen-bond donors (Lipinski definition) is 1. The number of nitrogens with one attached hydrogen (secondary N) is 1. The number of anilines is 1. The molecule has 0 amide bonds. The van der Waals surface area contributed by atoms with Gasteiger partial charge < -0.3 is 13.9 Å². The highest BCUT2D eigenvalue weighted by molar-refractivity contribution is 7.93. The first kappa shape index (κ1) is 34.5. The molecule has 2 atom stereocenters. The highest BCUT2D eigenvalue weighted by Gasteiger charge is 2.44. The maximum atomic E-state index is 15.5. The predicted octanol–water partition coefficient (Wildman–Crippen LogP) is 6.56. The van der Waals surface area contributed by atoms with Crippen molar-refractivity contribution < 1.29 is 26.7 Å². The van der Waals surface area contributed by atoms with Crippen molar-refractivity contribution in [2.45, 2.75) is 64.1 Å². The molecular weight excluding hydrogens is 628 g/mol. The number of pyridine rings is 1. The van der Waals surface area contributed by atoms with Crippen LogP contribution in [0.1, 0.15) is 50.5 Å². The lowest BCUT2D eigenvalue weighted by atomic mass is 10.0. The minimum Gasteiger partial charge on any atom is -0.494 e. The second kappa shape index (κ2) is 13.2. The first-order valence-corrected chi connectivity index (χ1v) is 19.0. The Balaban J connectivity index is 1.89. The Morgan fingerprint density at radius 1 is 1.04 bits per heavy atom. The Labute approximate surface area is 270 Å². The van der Waals surface area contributed by atoms with Gasteiger partial charge in [-0.2, -0.15) is 5.26 Å². The molecule has 0 spiro atoms. The smallest absolute Gasteiger partial charge is 0.243 e. The number of methoxy groups -OCH3 is 2. The fourth-order valence-electron chi connectivity index (χ4n) is 4.60. The largest absolute Gasteiger partial charge is 0.494 e. The minimum absolute atomic E-state index is 0.0288. The van der Waals surface area contributed by atoms with E-state index >= 15 is 4.39 Å². The van der Waals surface area contributed by atoms with Crippen molar-refractivity contribution in [3.05, 3.63) is 77.4 Å². The van der Waals surface area contributed by atoms with Gasteiger partial charge in [-0.05, 0) is 67.9 Å². The van der Waals surface area contributed by atoms with Crippen molar-refractivity contribution >= 4 is 24.3 Å². The van der Waals surface area contributed by atoms with Gasteiger partial charge in [-0.1, -0.05) is 32.9 Å². The Hall–Kier alpha value is -4.32. The van der Waals surface area contributed by atoms with Crippen LogP contribution in [0.25, 0.3) is 17.1 Å². The van der Waals surface area contributed by atoms with Crippen molar-refractivity contribution in [3.8, 4) is 34.6 Å². The standard InChI is InChI=1S/C32H39FN6O5SSi/c1-20-15-23(19-35-18-20)30-36-37-31(39(30)28-26(42-6)11-10-12-27(28)43-7)38-45(40,41)21(2)29(44-46(8,9)32(3,4)5)24-14-13-22(17-34)16-25(24)33/h10-16,18-19,21,29H,1-9H3,(H,37,38)/t21-,29-/m0/s1. The van der Waals surface area contributed by atoms with Crippen molar-refractivity contribution in [2.24, 2.45) is 0 Å². The summed E-state index contributed by atoms with van der Waals surface area (Å²) >= 11 is 0. The molecule has 46 heavy (non-hydrogen) atoms. The van der Waals surface area contributed by atoms with Crippen LogP contribution in [0.5, 0.6) is 11.5 Å². The molecule has 4 aromatic rings. The average molecular weight is 667 g/mol. The number of hydrogen-bond acceptors (Lipinski definition) is 9. The van der Waals surface area contributed by atoms with E-state index in [1.165, 1.54) is 37.8 Å². The molecule has 11 nitrogen and oxygen atoms in total. The van der Waals surface area contributed by atoms with Crippen LogP contribution in [0.15, 0.2) is 54.9 Å². The van der Waals surface area contributed by atoms with Crippen LogP contribution in [0.3, 0.4) is 0 Å². The lowest BCUT2D eigenvalue weighted by Gasteiger charge is -2.40. The van der Waals surface area contributed by atoms with Crippen LogP contribution < -0.4 is 14.2 Å². The van der Waals surface area contributed by atoms with E-state index in [1.54, 1.807) is 30.6 Å². The fourth-order valence-corrected chi connectivity index (χ4v) is 7.11. The molecule has 0 aliphatic carbocycles. The van der Waals surface area contributed by atoms with Crippen LogP contribution in [-0.4, -0.2) is 56.0 Å². The van der Waals surface area contributed by atoms with Gasteiger partial charge in [-0.15, -0.1) is 10.2 Å². The summed E-state index contributed by atoms with van der Waals surface area (Å²) in [5.41, 5.74) is 1.91. The summed E-state index contributed by atoms with van der Waals surface area (Å²) in [5, 5.41) is 16.2. The monoisotopic (exact) mass is 666 g/mol. The zero-order chi connectivity index (χ0) is 34.0. The molecule has 4 rings (SSSR count). The Kier molecular flexibility index (Phi) is 9.91.